The number of nitrogens with one attached hydrogen (secondary N) is 2. The number of nitrogens with zero attached hydrogens (tertiary/aromatic N) is 2. The first-order valence-electron chi connectivity index (χ1n) is 10.4. The summed E-state index contributed by atoms with van der Waals surface area (Å²) >= 11 is 0. The summed E-state index contributed by atoms with van der Waals surface area (Å²) in [7, 11) is 1.75. The molecule has 2 aromatic carbocycles. The predicted octanol–water partition coefficient (Wildman–Crippen LogP) is 2.79. The molecule has 1 aliphatic heterocycles. The molecule has 162 valence electrons. The molecule has 0 saturated carbocycles. The van der Waals surface area contributed by atoms with Gasteiger partial charge in [0.2, 0.25) is 0 Å². The number of hydrogen-bond acceptors (Lipinski definition) is 4. The Kier molecular flexibility index (Phi) is 8.47. The van der Waals surface area contributed by atoms with Gasteiger partial charge in [-0.15, -0.1) is 0 Å². The van der Waals surface area contributed by atoms with Crippen molar-refractivity contribution in [3.05, 3.63) is 65.5 Å². The van der Waals surface area contributed by atoms with Gasteiger partial charge in [0, 0.05) is 33.2 Å². The monoisotopic (exact) mass is 414 g/mol. The Morgan fingerprint density at radius 1 is 1.13 bits per heavy atom. The summed E-state index contributed by atoms with van der Waals surface area (Å²) in [6.45, 7) is 7.76. The normalized spacial score (nSPS) is 16.2. The highest BCUT2D eigenvalue weighted by atomic mass is 19.1. The highest BCUT2D eigenvalue weighted by Crippen LogP contribution is 2.13. The van der Waals surface area contributed by atoms with Gasteiger partial charge < -0.3 is 20.1 Å². The van der Waals surface area contributed by atoms with Gasteiger partial charge in [0.15, 0.2) is 5.96 Å². The molecule has 6 nitrogen and oxygen atoms in total. The molecule has 1 unspecified atom stereocenters. The first-order chi connectivity index (χ1) is 14.6. The molecule has 0 aromatic heterocycles. The summed E-state index contributed by atoms with van der Waals surface area (Å²) in [4.78, 5) is 6.69. The zero-order chi connectivity index (χ0) is 21.2. The quantitative estimate of drug-likeness (QED) is 0.514. The third kappa shape index (κ3) is 7.31. The third-order valence-corrected chi connectivity index (χ3v) is 4.89. The molecule has 1 aliphatic rings. The Labute approximate surface area is 178 Å². The number of ether oxygens (including phenoxy) is 2. The molecular formula is C23H31FN4O2. The van der Waals surface area contributed by atoms with Crippen molar-refractivity contribution in [3.8, 4) is 5.75 Å². The fourth-order valence-corrected chi connectivity index (χ4v) is 3.29. The van der Waals surface area contributed by atoms with Gasteiger partial charge in [-0.25, -0.2) is 4.39 Å². The minimum absolute atomic E-state index is 0.0918. The van der Waals surface area contributed by atoms with Crippen LogP contribution in [0.4, 0.5) is 4.39 Å². The Hall–Kier alpha value is -2.64. The van der Waals surface area contributed by atoms with E-state index in [9.17, 15) is 4.39 Å². The molecule has 0 aliphatic carbocycles. The molecule has 0 amide bonds. The second-order valence-corrected chi connectivity index (χ2v) is 7.40. The Morgan fingerprint density at radius 2 is 1.87 bits per heavy atom. The maximum atomic E-state index is 13.0. The van der Waals surface area contributed by atoms with Crippen molar-refractivity contribution in [2.75, 3.05) is 39.9 Å². The van der Waals surface area contributed by atoms with Gasteiger partial charge >= 0.3 is 0 Å². The third-order valence-electron chi connectivity index (χ3n) is 4.89. The van der Waals surface area contributed by atoms with Gasteiger partial charge in [-0.2, -0.15) is 0 Å². The number of hydrogen-bond donors (Lipinski definition) is 2. The van der Waals surface area contributed by atoms with Gasteiger partial charge in [0.25, 0.3) is 0 Å². The Morgan fingerprint density at radius 3 is 2.60 bits per heavy atom. The molecule has 2 N–H and O–H groups in total. The number of morpholine rings is 1. The zero-order valence-electron chi connectivity index (χ0n) is 17.7. The highest BCUT2D eigenvalue weighted by Gasteiger charge is 2.11. The van der Waals surface area contributed by atoms with E-state index in [4.69, 9.17) is 9.47 Å². The number of rotatable bonds is 8. The lowest BCUT2D eigenvalue weighted by molar-refractivity contribution is 0.0342. The van der Waals surface area contributed by atoms with Crippen LogP contribution >= 0.6 is 0 Å². The van der Waals surface area contributed by atoms with E-state index < -0.39 is 0 Å². The number of halogens is 1. The van der Waals surface area contributed by atoms with Crippen molar-refractivity contribution in [3.63, 3.8) is 0 Å². The van der Waals surface area contributed by atoms with E-state index in [-0.39, 0.29) is 11.9 Å². The molecule has 2 aromatic rings. The standard InChI is InChI=1S/C23H31FN4O2/c1-18(30-22-8-6-21(24)7-9-22)15-26-23(25-2)27-16-19-4-3-5-20(14-19)17-28-10-12-29-13-11-28/h3-9,14,18H,10-13,15-17H2,1-2H3,(H2,25,26,27). The SMILES string of the molecule is CN=C(NCc1cccc(CN2CCOCC2)c1)NCC(C)Oc1ccc(F)cc1. The topological polar surface area (TPSA) is 58.1 Å². The second kappa shape index (κ2) is 11.5. The summed E-state index contributed by atoms with van der Waals surface area (Å²) < 4.78 is 24.2. The first-order valence-corrected chi connectivity index (χ1v) is 10.4. The van der Waals surface area contributed by atoms with Gasteiger partial charge in [-0.05, 0) is 42.3 Å². The largest absolute Gasteiger partial charge is 0.489 e. The minimum atomic E-state index is -0.272. The van der Waals surface area contributed by atoms with Gasteiger partial charge in [-0.3, -0.25) is 9.89 Å². The molecule has 30 heavy (non-hydrogen) atoms. The van der Waals surface area contributed by atoms with Gasteiger partial charge in [0.1, 0.15) is 17.7 Å². The van der Waals surface area contributed by atoms with Crippen LogP contribution in [0.25, 0.3) is 0 Å². The Bertz CT molecular complexity index is 807. The zero-order valence-corrected chi connectivity index (χ0v) is 17.7. The molecule has 0 bridgehead atoms. The van der Waals surface area contributed by atoms with E-state index in [0.29, 0.717) is 24.8 Å². The fourth-order valence-electron chi connectivity index (χ4n) is 3.29. The molecule has 0 spiro atoms. The average molecular weight is 415 g/mol. The fraction of sp³-hybridized carbons (Fsp3) is 0.435. The van der Waals surface area contributed by atoms with Crippen LogP contribution in [0.5, 0.6) is 5.75 Å². The van der Waals surface area contributed by atoms with Crippen LogP contribution < -0.4 is 15.4 Å². The smallest absolute Gasteiger partial charge is 0.191 e. The molecule has 3 rings (SSSR count). The molecule has 1 fully saturated rings. The van der Waals surface area contributed by atoms with E-state index >= 15 is 0 Å². The number of benzene rings is 2. The second-order valence-electron chi connectivity index (χ2n) is 7.40. The minimum Gasteiger partial charge on any atom is -0.489 e. The van der Waals surface area contributed by atoms with E-state index in [2.05, 4.69) is 44.8 Å². The number of guanidine groups is 1. The van der Waals surface area contributed by atoms with E-state index in [1.165, 1.54) is 23.3 Å². The van der Waals surface area contributed by atoms with Crippen LogP contribution in [-0.2, 0) is 17.8 Å². The average Bonchev–Trinajstić information content (AvgIpc) is 2.76. The van der Waals surface area contributed by atoms with E-state index in [1.807, 2.05) is 6.92 Å². The van der Waals surface area contributed by atoms with Crippen LogP contribution in [-0.4, -0.2) is 56.9 Å². The predicted molar refractivity (Wildman–Crippen MR) is 117 cm³/mol. The number of aliphatic imine (C=N–C) groups is 1. The maximum absolute atomic E-state index is 13.0. The highest BCUT2D eigenvalue weighted by molar-refractivity contribution is 5.79. The van der Waals surface area contributed by atoms with Crippen LogP contribution in [0.3, 0.4) is 0 Å². The summed E-state index contributed by atoms with van der Waals surface area (Å²) in [6.07, 6.45) is -0.0918. The van der Waals surface area contributed by atoms with Crippen LogP contribution in [0.2, 0.25) is 0 Å². The van der Waals surface area contributed by atoms with Crippen molar-refractivity contribution < 1.29 is 13.9 Å². The van der Waals surface area contributed by atoms with Crippen LogP contribution in [0.1, 0.15) is 18.1 Å². The summed E-state index contributed by atoms with van der Waals surface area (Å²) in [6, 6.07) is 14.7. The summed E-state index contributed by atoms with van der Waals surface area (Å²) in [5, 5.41) is 6.61. The van der Waals surface area contributed by atoms with Crippen LogP contribution in [0.15, 0.2) is 53.5 Å². The first kappa shape index (κ1) is 22.1. The maximum Gasteiger partial charge on any atom is 0.191 e. The van der Waals surface area contributed by atoms with Crippen molar-refractivity contribution in [2.45, 2.75) is 26.1 Å². The summed E-state index contributed by atoms with van der Waals surface area (Å²) in [5.74, 6) is 1.08. The molecule has 7 heteroatoms. The molecule has 1 saturated heterocycles. The van der Waals surface area contributed by atoms with Crippen molar-refractivity contribution in [2.24, 2.45) is 4.99 Å². The van der Waals surface area contributed by atoms with Crippen molar-refractivity contribution >= 4 is 5.96 Å². The lowest BCUT2D eigenvalue weighted by Gasteiger charge is -2.26. The lowest BCUT2D eigenvalue weighted by atomic mass is 10.1. The van der Waals surface area contributed by atoms with Crippen molar-refractivity contribution in [1.29, 1.82) is 0 Å². The van der Waals surface area contributed by atoms with E-state index in [1.54, 1.807) is 19.2 Å². The van der Waals surface area contributed by atoms with Crippen molar-refractivity contribution in [1.82, 2.24) is 15.5 Å². The molecule has 1 atom stereocenters. The van der Waals surface area contributed by atoms with E-state index in [0.717, 1.165) is 32.8 Å². The van der Waals surface area contributed by atoms with Gasteiger partial charge in [0.05, 0.1) is 19.8 Å². The van der Waals surface area contributed by atoms with Gasteiger partial charge in [-0.1, -0.05) is 24.3 Å². The summed E-state index contributed by atoms with van der Waals surface area (Å²) in [5.41, 5.74) is 2.51. The molecule has 1 heterocycles. The lowest BCUT2D eigenvalue weighted by Crippen LogP contribution is -2.41. The molecule has 0 radical (unpaired) electrons. The Balaban J connectivity index is 1.43. The molecular weight excluding hydrogens is 383 g/mol. The van der Waals surface area contributed by atoms with Crippen LogP contribution in [0, 0.1) is 5.82 Å².